The van der Waals surface area contributed by atoms with Crippen LogP contribution >= 0.6 is 11.8 Å². The first-order chi connectivity index (χ1) is 18.5. The molecule has 0 saturated carbocycles. The Balaban J connectivity index is 1.25. The summed E-state index contributed by atoms with van der Waals surface area (Å²) in [7, 11) is 0. The van der Waals surface area contributed by atoms with Crippen molar-refractivity contribution in [1.82, 2.24) is 5.32 Å². The Morgan fingerprint density at radius 1 is 0.842 bits per heavy atom. The molecule has 0 bridgehead atoms. The van der Waals surface area contributed by atoms with Crippen molar-refractivity contribution in [2.75, 3.05) is 5.75 Å². The largest absolute Gasteiger partial charge is 0.480 e. The van der Waals surface area contributed by atoms with Gasteiger partial charge in [-0.3, -0.25) is 4.79 Å². The Morgan fingerprint density at radius 2 is 1.50 bits per heavy atom. The van der Waals surface area contributed by atoms with Gasteiger partial charge in [0.2, 0.25) is 5.91 Å². The number of benzene rings is 4. The number of carbonyl (C=O) groups excluding carboxylic acids is 1. The maximum Gasteiger partial charge on any atom is 0.327 e. The zero-order valence-electron chi connectivity index (χ0n) is 21.1. The fraction of sp³-hybridized carbons (Fsp3) is 0.188. The Kier molecular flexibility index (Phi) is 7.80. The number of furan rings is 1. The van der Waals surface area contributed by atoms with E-state index >= 15 is 0 Å². The molecule has 0 fully saturated rings. The van der Waals surface area contributed by atoms with Gasteiger partial charge in [0, 0.05) is 34.3 Å². The van der Waals surface area contributed by atoms with Crippen LogP contribution in [0.3, 0.4) is 0 Å². The van der Waals surface area contributed by atoms with E-state index in [1.165, 1.54) is 11.8 Å². The van der Waals surface area contributed by atoms with Crippen molar-refractivity contribution in [2.45, 2.75) is 31.6 Å². The Bertz CT molecular complexity index is 1570. The highest BCUT2D eigenvalue weighted by atomic mass is 32.2. The fourth-order valence-corrected chi connectivity index (χ4v) is 5.58. The van der Waals surface area contributed by atoms with Crippen LogP contribution in [0.4, 0.5) is 0 Å². The second-order valence-corrected chi connectivity index (χ2v) is 10.3. The summed E-state index contributed by atoms with van der Waals surface area (Å²) in [5, 5.41) is 14.2. The van der Waals surface area contributed by atoms with Crippen molar-refractivity contribution < 1.29 is 19.1 Å². The van der Waals surface area contributed by atoms with Crippen LogP contribution < -0.4 is 5.32 Å². The molecule has 5 aromatic rings. The highest BCUT2D eigenvalue weighted by Crippen LogP contribution is 2.36. The van der Waals surface area contributed by atoms with Crippen molar-refractivity contribution in [3.63, 3.8) is 0 Å². The number of aliphatic carboxylic acids is 1. The lowest BCUT2D eigenvalue weighted by Crippen LogP contribution is -2.42. The van der Waals surface area contributed by atoms with E-state index in [9.17, 15) is 14.7 Å². The third kappa shape index (κ3) is 5.60. The number of fused-ring (bicyclic) bond motifs is 3. The van der Waals surface area contributed by atoms with Crippen LogP contribution in [0.25, 0.3) is 44.2 Å². The van der Waals surface area contributed by atoms with E-state index in [0.717, 1.165) is 49.8 Å². The topological polar surface area (TPSA) is 79.5 Å². The predicted octanol–water partition coefficient (Wildman–Crippen LogP) is 7.52. The van der Waals surface area contributed by atoms with Crippen LogP contribution in [0.1, 0.15) is 25.3 Å². The van der Waals surface area contributed by atoms with Gasteiger partial charge < -0.3 is 14.8 Å². The first kappa shape index (κ1) is 25.6. The van der Waals surface area contributed by atoms with Crippen LogP contribution in [0.5, 0.6) is 0 Å². The zero-order valence-corrected chi connectivity index (χ0v) is 22.0. The van der Waals surface area contributed by atoms with Crippen molar-refractivity contribution >= 4 is 45.6 Å². The van der Waals surface area contributed by atoms with Gasteiger partial charge >= 0.3 is 5.97 Å². The number of hydrogen-bond donors (Lipinski definition) is 2. The smallest absolute Gasteiger partial charge is 0.327 e. The van der Waals surface area contributed by atoms with Crippen molar-refractivity contribution in [1.29, 1.82) is 0 Å². The van der Waals surface area contributed by atoms with Crippen molar-refractivity contribution in [3.8, 4) is 22.3 Å². The molecule has 5 rings (SSSR count). The number of amides is 1. The summed E-state index contributed by atoms with van der Waals surface area (Å²) in [5.41, 5.74) is 7.31. The summed E-state index contributed by atoms with van der Waals surface area (Å²) < 4.78 is 6.20. The molecule has 1 unspecified atom stereocenters. The van der Waals surface area contributed by atoms with Gasteiger partial charge in [0.25, 0.3) is 0 Å². The van der Waals surface area contributed by atoms with Crippen LogP contribution in [-0.4, -0.2) is 28.8 Å². The van der Waals surface area contributed by atoms with E-state index in [2.05, 4.69) is 78.1 Å². The van der Waals surface area contributed by atoms with E-state index in [4.69, 9.17) is 4.42 Å². The molecule has 1 heterocycles. The number of carboxylic acids is 1. The van der Waals surface area contributed by atoms with Crippen molar-refractivity contribution in [2.24, 2.45) is 0 Å². The summed E-state index contributed by atoms with van der Waals surface area (Å²) in [6, 6.07) is 30.3. The summed E-state index contributed by atoms with van der Waals surface area (Å²) >= 11 is 1.50. The Morgan fingerprint density at radius 3 is 2.21 bits per heavy atom. The van der Waals surface area contributed by atoms with E-state index in [-0.39, 0.29) is 5.91 Å². The molecular weight excluding hydrogens is 494 g/mol. The molecule has 0 aliphatic heterocycles. The van der Waals surface area contributed by atoms with Crippen LogP contribution in [0.15, 0.2) is 95.4 Å². The molecule has 0 aliphatic carbocycles. The minimum absolute atomic E-state index is 0.217. The number of rotatable bonds is 10. The minimum atomic E-state index is -1.00. The van der Waals surface area contributed by atoms with E-state index in [0.29, 0.717) is 24.3 Å². The van der Waals surface area contributed by atoms with Crippen LogP contribution in [0, 0.1) is 0 Å². The summed E-state index contributed by atoms with van der Waals surface area (Å²) in [5.74, 6) is -0.220. The minimum Gasteiger partial charge on any atom is -0.480 e. The Hall–Kier alpha value is -4.03. The van der Waals surface area contributed by atoms with Crippen molar-refractivity contribution in [3.05, 3.63) is 96.6 Å². The first-order valence-electron chi connectivity index (χ1n) is 12.7. The highest BCUT2D eigenvalue weighted by Gasteiger charge is 2.19. The third-order valence-corrected chi connectivity index (χ3v) is 7.66. The number of thioether (sulfide) groups is 1. The monoisotopic (exact) mass is 523 g/mol. The van der Waals surface area contributed by atoms with E-state index in [1.807, 2.05) is 25.1 Å². The molecule has 4 aromatic carbocycles. The fourth-order valence-electron chi connectivity index (χ4n) is 4.57. The van der Waals surface area contributed by atoms with Gasteiger partial charge in [-0.25, -0.2) is 4.79 Å². The molecule has 1 atom stereocenters. The normalized spacial score (nSPS) is 12.0. The average Bonchev–Trinajstić information content (AvgIpc) is 3.32. The van der Waals surface area contributed by atoms with Gasteiger partial charge in [-0.2, -0.15) is 11.8 Å². The molecule has 0 spiro atoms. The third-order valence-electron chi connectivity index (χ3n) is 6.55. The molecule has 38 heavy (non-hydrogen) atoms. The van der Waals surface area contributed by atoms with Gasteiger partial charge in [-0.05, 0) is 34.7 Å². The SMILES string of the molecule is CCCC(=O)NC(CSCc1ccc(-c2ccc(-c3cccc4c3oc3ccccc34)cc2)cc1)C(=O)O. The lowest BCUT2D eigenvalue weighted by atomic mass is 9.98. The molecule has 0 aliphatic rings. The van der Waals surface area contributed by atoms with E-state index in [1.54, 1.807) is 0 Å². The lowest BCUT2D eigenvalue weighted by molar-refractivity contribution is -0.141. The molecule has 2 N–H and O–H groups in total. The summed E-state index contributed by atoms with van der Waals surface area (Å²) in [4.78, 5) is 23.2. The van der Waals surface area contributed by atoms with Gasteiger partial charge in [0.05, 0.1) is 0 Å². The molecule has 192 valence electrons. The van der Waals surface area contributed by atoms with Gasteiger partial charge in [-0.15, -0.1) is 0 Å². The number of hydrogen-bond acceptors (Lipinski definition) is 4. The molecule has 0 radical (unpaired) electrons. The number of nitrogens with one attached hydrogen (secondary N) is 1. The van der Waals surface area contributed by atoms with Gasteiger partial charge in [0.15, 0.2) is 0 Å². The van der Waals surface area contributed by atoms with Gasteiger partial charge in [0.1, 0.15) is 17.2 Å². The Labute approximate surface area is 225 Å². The maximum atomic E-state index is 11.8. The highest BCUT2D eigenvalue weighted by molar-refractivity contribution is 7.98. The summed E-state index contributed by atoms with van der Waals surface area (Å²) in [6.45, 7) is 1.89. The second-order valence-electron chi connectivity index (χ2n) is 9.28. The molecule has 5 nitrogen and oxygen atoms in total. The molecule has 0 saturated heterocycles. The van der Waals surface area contributed by atoms with Crippen LogP contribution in [-0.2, 0) is 15.3 Å². The number of carbonyl (C=O) groups is 2. The molecular formula is C32H29NO4S. The standard InChI is InChI=1S/C32H29NO4S/c1-2-6-30(34)33-28(32(35)36)20-38-19-21-11-13-22(14-12-21)23-15-17-24(18-16-23)25-8-5-9-27-26-7-3-4-10-29(26)37-31(25)27/h3-5,7-18,28H,2,6,19-20H2,1H3,(H,33,34)(H,35,36). The maximum absolute atomic E-state index is 11.8. The van der Waals surface area contributed by atoms with E-state index < -0.39 is 12.0 Å². The lowest BCUT2D eigenvalue weighted by Gasteiger charge is -2.14. The molecule has 1 amide bonds. The van der Waals surface area contributed by atoms with Gasteiger partial charge in [-0.1, -0.05) is 91.9 Å². The molecule has 1 aromatic heterocycles. The first-order valence-corrected chi connectivity index (χ1v) is 13.9. The number of para-hydroxylation sites is 2. The number of carboxylic acid groups (broad SMARTS) is 1. The zero-order chi connectivity index (χ0) is 26.5. The second kappa shape index (κ2) is 11.6. The quantitative estimate of drug-likeness (QED) is 0.198. The summed E-state index contributed by atoms with van der Waals surface area (Å²) in [6.07, 6.45) is 1.03. The van der Waals surface area contributed by atoms with Crippen LogP contribution in [0.2, 0.25) is 0 Å². The average molecular weight is 524 g/mol. The molecule has 6 heteroatoms. The predicted molar refractivity (Wildman–Crippen MR) is 155 cm³/mol.